The maximum Gasteiger partial charge on any atom is 0.105 e. The number of allylic oxidation sites excluding steroid dienone is 1. The van der Waals surface area contributed by atoms with Crippen molar-refractivity contribution in [2.75, 3.05) is 44.2 Å². The molecule has 1 aromatic rings. The van der Waals surface area contributed by atoms with Crippen molar-refractivity contribution in [1.82, 2.24) is 0 Å². The van der Waals surface area contributed by atoms with E-state index in [2.05, 4.69) is 49.6 Å². The third-order valence-electron chi connectivity index (χ3n) is 5.12. The van der Waals surface area contributed by atoms with Crippen molar-refractivity contribution in [3.63, 3.8) is 0 Å². The Balaban J connectivity index is 0.00000192. The fourth-order valence-corrected chi connectivity index (χ4v) is 4.17. The molecule has 4 heteroatoms. The van der Waals surface area contributed by atoms with Crippen LogP contribution in [0.5, 0.6) is 0 Å². The molecule has 0 bridgehead atoms. The van der Waals surface area contributed by atoms with Crippen LogP contribution in [0.1, 0.15) is 19.4 Å². The second kappa shape index (κ2) is 7.82. The molecule has 1 aromatic carbocycles. The van der Waals surface area contributed by atoms with E-state index in [1.165, 1.54) is 41.9 Å². The molecule has 2 fully saturated rings. The van der Waals surface area contributed by atoms with Gasteiger partial charge in [0.15, 0.2) is 0 Å². The van der Waals surface area contributed by atoms with Gasteiger partial charge in [0.05, 0.1) is 26.2 Å². The van der Waals surface area contributed by atoms with E-state index in [1.54, 1.807) is 0 Å². The molecule has 2 saturated heterocycles. The summed E-state index contributed by atoms with van der Waals surface area (Å²) in [6.07, 6.45) is 3.71. The Bertz CT molecular complexity index is 497. The molecule has 0 amide bonds. The third-order valence-corrected chi connectivity index (χ3v) is 5.12. The molecular weight excluding hydrogens is 352 g/mol. The molecule has 0 saturated carbocycles. The number of anilines is 1. The van der Waals surface area contributed by atoms with Crippen molar-refractivity contribution in [3.05, 3.63) is 42.5 Å². The maximum atomic E-state index is 5.92. The van der Waals surface area contributed by atoms with Gasteiger partial charge in [-0.05, 0) is 38.0 Å². The number of benzene rings is 1. The smallest absolute Gasteiger partial charge is 0.105 e. The van der Waals surface area contributed by atoms with Gasteiger partial charge in [-0.15, -0.1) is 6.58 Å². The molecule has 23 heavy (non-hydrogen) atoms. The summed E-state index contributed by atoms with van der Waals surface area (Å²) in [5.41, 5.74) is 2.70. The number of halogens is 1. The van der Waals surface area contributed by atoms with Crippen molar-refractivity contribution in [2.45, 2.75) is 32.5 Å². The van der Waals surface area contributed by atoms with Gasteiger partial charge in [0, 0.05) is 5.69 Å². The van der Waals surface area contributed by atoms with Crippen LogP contribution in [0.3, 0.4) is 0 Å². The Labute approximate surface area is 151 Å². The number of ether oxygens (including phenoxy) is 1. The van der Waals surface area contributed by atoms with Crippen LogP contribution in [-0.4, -0.2) is 56.0 Å². The minimum Gasteiger partial charge on any atom is -1.00 e. The molecule has 128 valence electrons. The van der Waals surface area contributed by atoms with Crippen LogP contribution in [-0.2, 0) is 11.2 Å². The van der Waals surface area contributed by atoms with Gasteiger partial charge in [-0.2, -0.15) is 0 Å². The summed E-state index contributed by atoms with van der Waals surface area (Å²) in [6, 6.07) is 8.99. The minimum absolute atomic E-state index is 0. The molecule has 2 aliphatic heterocycles. The molecule has 3 rings (SSSR count). The predicted molar refractivity (Wildman–Crippen MR) is 92.3 cm³/mol. The van der Waals surface area contributed by atoms with Crippen molar-refractivity contribution in [2.24, 2.45) is 0 Å². The Morgan fingerprint density at radius 2 is 1.70 bits per heavy atom. The summed E-state index contributed by atoms with van der Waals surface area (Å²) in [6.45, 7) is 15.4. The van der Waals surface area contributed by atoms with Crippen molar-refractivity contribution in [3.8, 4) is 0 Å². The van der Waals surface area contributed by atoms with Gasteiger partial charge in [-0.3, -0.25) is 0 Å². The van der Waals surface area contributed by atoms with E-state index in [9.17, 15) is 0 Å². The van der Waals surface area contributed by atoms with Crippen LogP contribution in [0.4, 0.5) is 5.69 Å². The lowest BCUT2D eigenvalue weighted by Gasteiger charge is -2.50. The highest BCUT2D eigenvalue weighted by Gasteiger charge is 2.40. The monoisotopic (exact) mass is 380 g/mol. The van der Waals surface area contributed by atoms with E-state index in [0.717, 1.165) is 19.5 Å². The van der Waals surface area contributed by atoms with Gasteiger partial charge in [-0.25, -0.2) is 0 Å². The molecule has 2 unspecified atom stereocenters. The van der Waals surface area contributed by atoms with E-state index >= 15 is 0 Å². The Hall–Kier alpha value is -0.840. The van der Waals surface area contributed by atoms with Crippen LogP contribution in [0.15, 0.2) is 36.9 Å². The quantitative estimate of drug-likeness (QED) is 0.534. The van der Waals surface area contributed by atoms with Crippen LogP contribution < -0.4 is 21.9 Å². The summed E-state index contributed by atoms with van der Waals surface area (Å²) in [4.78, 5) is 2.53. The number of hydrogen-bond donors (Lipinski definition) is 0. The molecule has 0 radical (unpaired) electrons. The molecule has 1 spiro atoms. The summed E-state index contributed by atoms with van der Waals surface area (Å²) >= 11 is 0. The number of piperazine rings is 1. The van der Waals surface area contributed by atoms with Crippen LogP contribution in [0.25, 0.3) is 0 Å². The van der Waals surface area contributed by atoms with Gasteiger partial charge in [0.25, 0.3) is 0 Å². The minimum atomic E-state index is 0. The van der Waals surface area contributed by atoms with Gasteiger partial charge in [0.1, 0.15) is 25.3 Å². The zero-order valence-electron chi connectivity index (χ0n) is 14.4. The molecule has 2 aliphatic rings. The van der Waals surface area contributed by atoms with Crippen molar-refractivity contribution < 1.29 is 26.2 Å². The highest BCUT2D eigenvalue weighted by atomic mass is 79.9. The van der Waals surface area contributed by atoms with Crippen molar-refractivity contribution in [1.29, 1.82) is 0 Å². The first-order valence-corrected chi connectivity index (χ1v) is 8.55. The third kappa shape index (κ3) is 4.37. The Kier molecular flexibility index (Phi) is 6.29. The molecule has 0 N–H and O–H groups in total. The fourth-order valence-electron chi connectivity index (χ4n) is 4.17. The topological polar surface area (TPSA) is 12.5 Å². The lowest BCUT2D eigenvalue weighted by atomic mass is 10.1. The van der Waals surface area contributed by atoms with Crippen LogP contribution >= 0.6 is 0 Å². The van der Waals surface area contributed by atoms with Crippen LogP contribution in [0.2, 0.25) is 0 Å². The standard InChI is InChI=1S/C19H29N2O.BrH/c1-4-5-18-6-8-19(9-7-18)20-10-12-21(13-11-20)14-16(2)22-17(3)15-21;/h4,6-9,16-17H,1,5,10-15H2,2-3H3;1H/q+1;/p-1. The SMILES string of the molecule is C=CCc1ccc(N2CC[N+]3(CC2)CC(C)OC(C)C3)cc1.[Br-]. The largest absolute Gasteiger partial charge is 1.00 e. The lowest BCUT2D eigenvalue weighted by Crippen LogP contribution is -3.00. The normalized spacial score (nSPS) is 26.6. The van der Waals surface area contributed by atoms with E-state index in [1.807, 2.05) is 6.08 Å². The van der Waals surface area contributed by atoms with Crippen LogP contribution in [0, 0.1) is 0 Å². The summed E-state index contributed by atoms with van der Waals surface area (Å²) in [7, 11) is 0. The summed E-state index contributed by atoms with van der Waals surface area (Å²) < 4.78 is 7.17. The van der Waals surface area contributed by atoms with Gasteiger partial charge in [0.2, 0.25) is 0 Å². The van der Waals surface area contributed by atoms with Gasteiger partial charge < -0.3 is 31.1 Å². The molecule has 0 aromatic heterocycles. The number of nitrogens with zero attached hydrogens (tertiary/aromatic N) is 2. The number of rotatable bonds is 3. The number of morpholine rings is 1. The van der Waals surface area contributed by atoms with E-state index in [-0.39, 0.29) is 17.0 Å². The average Bonchev–Trinajstić information content (AvgIpc) is 2.48. The average molecular weight is 381 g/mol. The zero-order chi connectivity index (χ0) is 15.6. The van der Waals surface area contributed by atoms with Gasteiger partial charge >= 0.3 is 0 Å². The summed E-state index contributed by atoms with van der Waals surface area (Å²) in [5.74, 6) is 0. The predicted octanol–water partition coefficient (Wildman–Crippen LogP) is -0.137. The molecule has 2 heterocycles. The number of quaternary nitrogens is 1. The molecular formula is C19H29BrN2O. The number of hydrogen-bond acceptors (Lipinski definition) is 2. The van der Waals surface area contributed by atoms with E-state index in [4.69, 9.17) is 4.74 Å². The fraction of sp³-hybridized carbons (Fsp3) is 0.579. The molecule has 2 atom stereocenters. The first kappa shape index (κ1) is 18.5. The second-order valence-corrected chi connectivity index (χ2v) is 7.06. The van der Waals surface area contributed by atoms with Crippen molar-refractivity contribution >= 4 is 5.69 Å². The first-order chi connectivity index (χ1) is 10.6. The second-order valence-electron chi connectivity index (χ2n) is 7.06. The summed E-state index contributed by atoms with van der Waals surface area (Å²) in [5, 5.41) is 0. The highest BCUT2D eigenvalue weighted by molar-refractivity contribution is 5.48. The lowest BCUT2D eigenvalue weighted by molar-refractivity contribution is -0.941. The maximum absolute atomic E-state index is 5.92. The van der Waals surface area contributed by atoms with E-state index < -0.39 is 0 Å². The highest BCUT2D eigenvalue weighted by Crippen LogP contribution is 2.25. The Morgan fingerprint density at radius 3 is 2.22 bits per heavy atom. The Morgan fingerprint density at radius 1 is 1.13 bits per heavy atom. The zero-order valence-corrected chi connectivity index (χ0v) is 16.0. The van der Waals surface area contributed by atoms with E-state index in [0.29, 0.717) is 12.2 Å². The first-order valence-electron chi connectivity index (χ1n) is 8.55. The van der Waals surface area contributed by atoms with Gasteiger partial charge in [-0.1, -0.05) is 18.2 Å². The molecule has 3 nitrogen and oxygen atoms in total. The molecule has 0 aliphatic carbocycles.